The number of hydrogen-bond donors (Lipinski definition) is 1. The van der Waals surface area contributed by atoms with Gasteiger partial charge in [-0.05, 0) is 25.5 Å². The van der Waals surface area contributed by atoms with Crippen LogP contribution in [0.5, 0.6) is 0 Å². The van der Waals surface area contributed by atoms with Crippen LogP contribution in [-0.4, -0.2) is 32.5 Å². The van der Waals surface area contributed by atoms with E-state index in [-0.39, 0.29) is 0 Å². The molecule has 1 N–H and O–H groups in total. The highest BCUT2D eigenvalue weighted by molar-refractivity contribution is 7.99. The van der Waals surface area contributed by atoms with Crippen molar-refractivity contribution in [2.24, 2.45) is 7.05 Å². The monoisotopic (exact) mass is 226 g/mol. The molecule has 0 spiro atoms. The van der Waals surface area contributed by atoms with Crippen molar-refractivity contribution < 1.29 is 0 Å². The average Bonchev–Trinajstić information content (AvgIpc) is 2.84. The zero-order valence-corrected chi connectivity index (χ0v) is 10.1. The molecule has 0 amide bonds. The van der Waals surface area contributed by atoms with Crippen molar-refractivity contribution in [3.05, 3.63) is 11.9 Å². The Balaban J connectivity index is 1.77. The summed E-state index contributed by atoms with van der Waals surface area (Å²) in [7, 11) is 1.93. The molecule has 0 bridgehead atoms. The number of nitrogens with one attached hydrogen (secondary N) is 1. The Labute approximate surface area is 94.8 Å². The quantitative estimate of drug-likeness (QED) is 0.837. The van der Waals surface area contributed by atoms with Crippen molar-refractivity contribution in [1.29, 1.82) is 0 Å². The summed E-state index contributed by atoms with van der Waals surface area (Å²) in [5.74, 6) is 0. The van der Waals surface area contributed by atoms with Crippen molar-refractivity contribution >= 4 is 11.8 Å². The lowest BCUT2D eigenvalue weighted by atomic mass is 10.2. The molecule has 0 radical (unpaired) electrons. The molecule has 84 valence electrons. The Morgan fingerprint density at radius 2 is 2.47 bits per heavy atom. The molecule has 1 aromatic heterocycles. The molecule has 1 fully saturated rings. The van der Waals surface area contributed by atoms with Gasteiger partial charge < -0.3 is 5.32 Å². The van der Waals surface area contributed by atoms with Gasteiger partial charge in [0.2, 0.25) is 0 Å². The molecule has 15 heavy (non-hydrogen) atoms. The first kappa shape index (κ1) is 11.0. The molecular formula is C10H18N4S. The first-order valence-corrected chi connectivity index (χ1v) is 6.68. The number of aryl methyl sites for hydroxylation is 1. The highest BCUT2D eigenvalue weighted by atomic mass is 32.2. The number of aromatic nitrogens is 3. The Hall–Kier alpha value is -0.550. The average molecular weight is 226 g/mol. The lowest BCUT2D eigenvalue weighted by molar-refractivity contribution is 0.507. The van der Waals surface area contributed by atoms with Crippen molar-refractivity contribution in [2.45, 2.75) is 37.1 Å². The molecule has 1 aromatic rings. The molecular weight excluding hydrogens is 208 g/mol. The van der Waals surface area contributed by atoms with Crippen LogP contribution in [0.1, 0.15) is 25.0 Å². The standard InChI is InChI=1S/C10H18N4S/c1-14-9(7-12-13-14)6-11-8-3-4-10(5-8)15-2/h7-8,10-11H,3-6H2,1-2H3. The van der Waals surface area contributed by atoms with Gasteiger partial charge in [0, 0.05) is 24.9 Å². The van der Waals surface area contributed by atoms with Gasteiger partial charge >= 0.3 is 0 Å². The molecule has 4 nitrogen and oxygen atoms in total. The second-order valence-corrected chi connectivity index (χ2v) is 5.24. The maximum atomic E-state index is 3.92. The van der Waals surface area contributed by atoms with E-state index in [9.17, 15) is 0 Å². The maximum Gasteiger partial charge on any atom is 0.0738 e. The third kappa shape index (κ3) is 2.72. The van der Waals surface area contributed by atoms with E-state index in [1.807, 2.05) is 29.7 Å². The maximum absolute atomic E-state index is 3.92. The summed E-state index contributed by atoms with van der Waals surface area (Å²) in [5, 5.41) is 12.2. The van der Waals surface area contributed by atoms with Gasteiger partial charge in [0.05, 0.1) is 11.9 Å². The Morgan fingerprint density at radius 3 is 3.07 bits per heavy atom. The van der Waals surface area contributed by atoms with E-state index in [0.717, 1.165) is 17.5 Å². The Morgan fingerprint density at radius 1 is 1.60 bits per heavy atom. The van der Waals surface area contributed by atoms with Gasteiger partial charge in [0.1, 0.15) is 0 Å². The summed E-state index contributed by atoms with van der Waals surface area (Å²) in [6.45, 7) is 0.884. The fourth-order valence-corrected chi connectivity index (χ4v) is 2.86. The van der Waals surface area contributed by atoms with E-state index >= 15 is 0 Å². The lowest BCUT2D eigenvalue weighted by Gasteiger charge is -2.12. The molecule has 5 heteroatoms. The molecule has 0 saturated heterocycles. The summed E-state index contributed by atoms with van der Waals surface area (Å²) >= 11 is 1.99. The van der Waals surface area contributed by atoms with Crippen LogP contribution in [0.4, 0.5) is 0 Å². The summed E-state index contributed by atoms with van der Waals surface area (Å²) < 4.78 is 1.83. The second-order valence-electron chi connectivity index (χ2n) is 4.10. The van der Waals surface area contributed by atoms with Crippen LogP contribution in [-0.2, 0) is 13.6 Å². The molecule has 1 aliphatic rings. The normalized spacial score (nSPS) is 26.0. The molecule has 2 unspecified atom stereocenters. The third-order valence-corrected chi connectivity index (χ3v) is 4.19. The van der Waals surface area contributed by atoms with Crippen LogP contribution < -0.4 is 5.32 Å². The van der Waals surface area contributed by atoms with Crippen LogP contribution in [0.25, 0.3) is 0 Å². The van der Waals surface area contributed by atoms with Crippen molar-refractivity contribution in [3.8, 4) is 0 Å². The van der Waals surface area contributed by atoms with E-state index < -0.39 is 0 Å². The summed E-state index contributed by atoms with van der Waals surface area (Å²) in [6.07, 6.45) is 7.98. The molecule has 1 aliphatic carbocycles. The van der Waals surface area contributed by atoms with Gasteiger partial charge in [-0.15, -0.1) is 5.10 Å². The number of thioether (sulfide) groups is 1. The van der Waals surface area contributed by atoms with E-state index in [1.54, 1.807) is 0 Å². The smallest absolute Gasteiger partial charge is 0.0738 e. The zero-order chi connectivity index (χ0) is 10.7. The van der Waals surface area contributed by atoms with Gasteiger partial charge in [-0.2, -0.15) is 11.8 Å². The predicted octanol–water partition coefficient (Wildman–Crippen LogP) is 1.19. The minimum Gasteiger partial charge on any atom is -0.308 e. The van der Waals surface area contributed by atoms with Crippen LogP contribution >= 0.6 is 11.8 Å². The van der Waals surface area contributed by atoms with Crippen LogP contribution in [0, 0.1) is 0 Å². The fraction of sp³-hybridized carbons (Fsp3) is 0.800. The number of nitrogens with zero attached hydrogens (tertiary/aromatic N) is 3. The topological polar surface area (TPSA) is 42.7 Å². The molecule has 2 atom stereocenters. The van der Waals surface area contributed by atoms with E-state index in [4.69, 9.17) is 0 Å². The molecule has 1 heterocycles. The van der Waals surface area contributed by atoms with E-state index in [1.165, 1.54) is 19.3 Å². The largest absolute Gasteiger partial charge is 0.308 e. The van der Waals surface area contributed by atoms with Gasteiger partial charge in [-0.1, -0.05) is 5.21 Å². The van der Waals surface area contributed by atoms with Gasteiger partial charge in [-0.25, -0.2) is 0 Å². The number of hydrogen-bond acceptors (Lipinski definition) is 4. The van der Waals surface area contributed by atoms with Gasteiger partial charge in [0.25, 0.3) is 0 Å². The summed E-state index contributed by atoms with van der Waals surface area (Å²) in [4.78, 5) is 0. The van der Waals surface area contributed by atoms with Gasteiger partial charge in [0.15, 0.2) is 0 Å². The Bertz CT molecular complexity index is 312. The van der Waals surface area contributed by atoms with Gasteiger partial charge in [-0.3, -0.25) is 4.68 Å². The molecule has 1 saturated carbocycles. The second kappa shape index (κ2) is 4.99. The predicted molar refractivity (Wildman–Crippen MR) is 62.8 cm³/mol. The summed E-state index contributed by atoms with van der Waals surface area (Å²) in [5.41, 5.74) is 1.16. The lowest BCUT2D eigenvalue weighted by Crippen LogP contribution is -2.27. The fourth-order valence-electron chi connectivity index (χ4n) is 2.06. The Kier molecular flexibility index (Phi) is 3.64. The van der Waals surface area contributed by atoms with Crippen molar-refractivity contribution in [1.82, 2.24) is 20.3 Å². The highest BCUT2D eigenvalue weighted by Crippen LogP contribution is 2.28. The highest BCUT2D eigenvalue weighted by Gasteiger charge is 2.23. The van der Waals surface area contributed by atoms with Crippen molar-refractivity contribution in [3.63, 3.8) is 0 Å². The number of rotatable bonds is 4. The van der Waals surface area contributed by atoms with Crippen LogP contribution in [0.15, 0.2) is 6.20 Å². The van der Waals surface area contributed by atoms with E-state index in [0.29, 0.717) is 6.04 Å². The molecule has 0 aromatic carbocycles. The van der Waals surface area contributed by atoms with Crippen LogP contribution in [0.2, 0.25) is 0 Å². The van der Waals surface area contributed by atoms with Crippen molar-refractivity contribution in [2.75, 3.05) is 6.26 Å². The third-order valence-electron chi connectivity index (χ3n) is 3.10. The molecule has 2 rings (SSSR count). The first-order chi connectivity index (χ1) is 7.29. The summed E-state index contributed by atoms with van der Waals surface area (Å²) in [6, 6.07) is 0.678. The van der Waals surface area contributed by atoms with Crippen LogP contribution in [0.3, 0.4) is 0 Å². The zero-order valence-electron chi connectivity index (χ0n) is 9.31. The minimum absolute atomic E-state index is 0.678. The SMILES string of the molecule is CSC1CCC(NCc2cnnn2C)C1. The van der Waals surface area contributed by atoms with E-state index in [2.05, 4.69) is 21.9 Å². The molecule has 0 aliphatic heterocycles. The minimum atomic E-state index is 0.678. The first-order valence-electron chi connectivity index (χ1n) is 5.39.